The monoisotopic (exact) mass is 329 g/mol. The summed E-state index contributed by atoms with van der Waals surface area (Å²) in [6.45, 7) is 6.19. The van der Waals surface area contributed by atoms with Crippen LogP contribution in [-0.2, 0) is 0 Å². The second-order valence-corrected chi connectivity index (χ2v) is 6.40. The van der Waals surface area contributed by atoms with Gasteiger partial charge >= 0.3 is 0 Å². The maximum atomic E-state index is 14.3. The van der Waals surface area contributed by atoms with E-state index in [2.05, 4.69) is 5.32 Å². The highest BCUT2D eigenvalue weighted by molar-refractivity contribution is 7.10. The summed E-state index contributed by atoms with van der Waals surface area (Å²) < 4.78 is 28.1. The Hall–Kier alpha value is -0.970. The lowest BCUT2D eigenvalue weighted by Gasteiger charge is -2.20. The van der Waals surface area contributed by atoms with Crippen molar-refractivity contribution in [2.45, 2.75) is 33.2 Å². The summed E-state index contributed by atoms with van der Waals surface area (Å²) in [6, 6.07) is 2.08. The molecule has 1 aromatic carbocycles. The number of hydrogen-bond acceptors (Lipinski definition) is 2. The molecule has 0 radical (unpaired) electrons. The van der Waals surface area contributed by atoms with E-state index in [-0.39, 0.29) is 0 Å². The number of halogens is 3. The van der Waals surface area contributed by atoms with E-state index in [1.165, 1.54) is 23.5 Å². The number of aryl methyl sites for hydroxylation is 2. The molecule has 5 heteroatoms. The Bertz CT molecular complexity index is 639. The molecule has 0 aliphatic carbocycles. The van der Waals surface area contributed by atoms with E-state index in [0.29, 0.717) is 22.7 Å². The number of thiophene rings is 1. The van der Waals surface area contributed by atoms with Crippen LogP contribution in [0.5, 0.6) is 0 Å². The Labute approximate surface area is 133 Å². The summed E-state index contributed by atoms with van der Waals surface area (Å²) in [7, 11) is 0. The Morgan fingerprint density at radius 3 is 2.48 bits per heavy atom. The van der Waals surface area contributed by atoms with Crippen LogP contribution < -0.4 is 5.32 Å². The molecule has 0 aliphatic rings. The van der Waals surface area contributed by atoms with Crippen molar-refractivity contribution in [1.82, 2.24) is 5.32 Å². The van der Waals surface area contributed by atoms with Crippen LogP contribution in [0.25, 0.3) is 0 Å². The highest BCUT2D eigenvalue weighted by Crippen LogP contribution is 2.37. The van der Waals surface area contributed by atoms with Crippen LogP contribution in [0.2, 0.25) is 5.02 Å². The van der Waals surface area contributed by atoms with E-state index in [1.54, 1.807) is 6.92 Å². The summed E-state index contributed by atoms with van der Waals surface area (Å²) in [5.74, 6) is -0.816. The Kier molecular flexibility index (Phi) is 5.36. The van der Waals surface area contributed by atoms with Gasteiger partial charge in [0.05, 0.1) is 11.1 Å². The molecule has 2 aromatic rings. The zero-order valence-electron chi connectivity index (χ0n) is 12.3. The lowest BCUT2D eigenvalue weighted by atomic mass is 10.0. The van der Waals surface area contributed by atoms with Crippen LogP contribution in [-0.4, -0.2) is 6.54 Å². The summed E-state index contributed by atoms with van der Waals surface area (Å²) in [4.78, 5) is 0.824. The summed E-state index contributed by atoms with van der Waals surface area (Å²) in [5, 5.41) is 5.81. The third-order valence-corrected chi connectivity index (χ3v) is 5.15. The predicted molar refractivity (Wildman–Crippen MR) is 85.3 cm³/mol. The minimum absolute atomic E-state index is 0.301. The molecule has 21 heavy (non-hydrogen) atoms. The van der Waals surface area contributed by atoms with Gasteiger partial charge in [-0.3, -0.25) is 0 Å². The van der Waals surface area contributed by atoms with Crippen molar-refractivity contribution < 1.29 is 8.78 Å². The Balaban J connectivity index is 2.50. The molecule has 0 bridgehead atoms. The molecule has 1 nitrogen and oxygen atoms in total. The van der Waals surface area contributed by atoms with Gasteiger partial charge < -0.3 is 5.32 Å². The Morgan fingerprint density at radius 1 is 1.19 bits per heavy atom. The molecule has 0 amide bonds. The van der Waals surface area contributed by atoms with Crippen LogP contribution in [0.1, 0.15) is 41.0 Å². The lowest BCUT2D eigenvalue weighted by Crippen LogP contribution is -2.24. The van der Waals surface area contributed by atoms with E-state index in [0.717, 1.165) is 16.9 Å². The van der Waals surface area contributed by atoms with E-state index < -0.39 is 17.7 Å². The predicted octanol–water partition coefficient (Wildman–Crippen LogP) is 5.39. The first-order valence-corrected chi connectivity index (χ1v) is 8.13. The zero-order chi connectivity index (χ0) is 15.6. The standard InChI is InChI=1S/C16H18ClF2NS/c1-4-5-20-15(16-14(17)10(3)8-21-16)11-7-12(18)9(2)6-13(11)19/h6-8,15,20H,4-5H2,1-3H3. The largest absolute Gasteiger partial charge is 0.305 e. The van der Waals surface area contributed by atoms with E-state index >= 15 is 0 Å². The molecule has 1 aromatic heterocycles. The van der Waals surface area contributed by atoms with E-state index in [9.17, 15) is 8.78 Å². The van der Waals surface area contributed by atoms with Crippen LogP contribution in [0.4, 0.5) is 8.78 Å². The second kappa shape index (κ2) is 6.86. The van der Waals surface area contributed by atoms with Crippen LogP contribution in [0.15, 0.2) is 17.5 Å². The highest BCUT2D eigenvalue weighted by atomic mass is 35.5. The third kappa shape index (κ3) is 3.44. The first-order valence-electron chi connectivity index (χ1n) is 6.88. The molecule has 0 saturated heterocycles. The van der Waals surface area contributed by atoms with Crippen molar-refractivity contribution in [3.05, 3.63) is 55.7 Å². The van der Waals surface area contributed by atoms with Crippen molar-refractivity contribution in [2.75, 3.05) is 6.54 Å². The second-order valence-electron chi connectivity index (χ2n) is 5.11. The van der Waals surface area contributed by atoms with E-state index in [1.807, 2.05) is 19.2 Å². The van der Waals surface area contributed by atoms with Crippen LogP contribution >= 0.6 is 22.9 Å². The molecule has 114 valence electrons. The molecule has 1 atom stereocenters. The summed E-state index contributed by atoms with van der Waals surface area (Å²) in [6.07, 6.45) is 0.897. The average molecular weight is 330 g/mol. The number of rotatable bonds is 5. The van der Waals surface area contributed by atoms with Crippen molar-refractivity contribution in [3.8, 4) is 0 Å². The molecule has 1 N–H and O–H groups in total. The number of nitrogens with one attached hydrogen (secondary N) is 1. The van der Waals surface area contributed by atoms with Crippen molar-refractivity contribution >= 4 is 22.9 Å². The fourth-order valence-corrected chi connectivity index (χ4v) is 3.55. The first kappa shape index (κ1) is 16.4. The fraction of sp³-hybridized carbons (Fsp3) is 0.375. The summed E-state index contributed by atoms with van der Waals surface area (Å²) in [5.41, 5.74) is 1.56. The van der Waals surface area contributed by atoms with Gasteiger partial charge in [0.2, 0.25) is 0 Å². The molecular formula is C16H18ClF2NS. The van der Waals surface area contributed by atoms with Gasteiger partial charge in [-0.05, 0) is 55.5 Å². The maximum Gasteiger partial charge on any atom is 0.128 e. The SMILES string of the molecule is CCCNC(c1cc(F)c(C)cc1F)c1scc(C)c1Cl. The molecule has 1 heterocycles. The average Bonchev–Trinajstić information content (AvgIpc) is 2.77. The molecule has 0 fully saturated rings. The van der Waals surface area contributed by atoms with Gasteiger partial charge in [0, 0.05) is 10.4 Å². The number of benzene rings is 1. The van der Waals surface area contributed by atoms with Crippen molar-refractivity contribution in [3.63, 3.8) is 0 Å². The smallest absolute Gasteiger partial charge is 0.128 e. The fourth-order valence-electron chi connectivity index (χ4n) is 2.16. The van der Waals surface area contributed by atoms with Crippen LogP contribution in [0.3, 0.4) is 0 Å². The Morgan fingerprint density at radius 2 is 1.90 bits per heavy atom. The zero-order valence-corrected chi connectivity index (χ0v) is 13.8. The molecule has 0 aliphatic heterocycles. The van der Waals surface area contributed by atoms with Crippen molar-refractivity contribution in [1.29, 1.82) is 0 Å². The lowest BCUT2D eigenvalue weighted by molar-refractivity contribution is 0.536. The van der Waals surface area contributed by atoms with E-state index in [4.69, 9.17) is 11.6 Å². The van der Waals surface area contributed by atoms with Gasteiger partial charge in [-0.1, -0.05) is 18.5 Å². The minimum atomic E-state index is -0.425. The highest BCUT2D eigenvalue weighted by Gasteiger charge is 2.23. The molecule has 2 rings (SSSR count). The van der Waals surface area contributed by atoms with Gasteiger partial charge in [-0.2, -0.15) is 0 Å². The summed E-state index contributed by atoms with van der Waals surface area (Å²) >= 11 is 7.77. The maximum absolute atomic E-state index is 14.3. The molecular weight excluding hydrogens is 312 g/mol. The molecule has 0 spiro atoms. The number of hydrogen-bond donors (Lipinski definition) is 1. The first-order chi connectivity index (χ1) is 9.95. The van der Waals surface area contributed by atoms with Gasteiger partial charge in [0.1, 0.15) is 11.6 Å². The quantitative estimate of drug-likeness (QED) is 0.776. The van der Waals surface area contributed by atoms with Crippen molar-refractivity contribution in [2.24, 2.45) is 0 Å². The topological polar surface area (TPSA) is 12.0 Å². The molecule has 1 unspecified atom stereocenters. The van der Waals surface area contributed by atoms with Crippen LogP contribution in [0, 0.1) is 25.5 Å². The minimum Gasteiger partial charge on any atom is -0.305 e. The van der Waals surface area contributed by atoms with Gasteiger partial charge in [-0.15, -0.1) is 11.3 Å². The van der Waals surface area contributed by atoms with Gasteiger partial charge in [-0.25, -0.2) is 8.78 Å². The van der Waals surface area contributed by atoms with Gasteiger partial charge in [0.15, 0.2) is 0 Å². The van der Waals surface area contributed by atoms with Gasteiger partial charge in [0.25, 0.3) is 0 Å². The molecule has 0 saturated carbocycles. The third-order valence-electron chi connectivity index (χ3n) is 3.37. The normalized spacial score (nSPS) is 12.7.